The van der Waals surface area contributed by atoms with Gasteiger partial charge in [-0.2, -0.15) is 0 Å². The summed E-state index contributed by atoms with van der Waals surface area (Å²) in [6.45, 7) is 3.53. The third kappa shape index (κ3) is 5.55. The second-order valence-electron chi connectivity index (χ2n) is 5.57. The number of nitrogens with zero attached hydrogens (tertiary/aromatic N) is 1. The Morgan fingerprint density at radius 2 is 1.92 bits per heavy atom. The zero-order valence-corrected chi connectivity index (χ0v) is 16.2. The predicted octanol–water partition coefficient (Wildman–Crippen LogP) is 2.12. The van der Waals surface area contributed by atoms with E-state index in [2.05, 4.69) is 44.8 Å². The number of benzene rings is 1. The van der Waals surface area contributed by atoms with Crippen molar-refractivity contribution in [1.29, 1.82) is 0 Å². The summed E-state index contributed by atoms with van der Waals surface area (Å²) in [6, 6.07) is 11.0. The number of thiophene rings is 1. The maximum atomic E-state index is 11.7. The van der Waals surface area contributed by atoms with Gasteiger partial charge >= 0.3 is 0 Å². The van der Waals surface area contributed by atoms with Crippen molar-refractivity contribution in [2.75, 3.05) is 20.6 Å². The minimum absolute atomic E-state index is 0.256. The summed E-state index contributed by atoms with van der Waals surface area (Å²) in [6.07, 6.45) is 0. The first-order chi connectivity index (χ1) is 12.0. The highest BCUT2D eigenvalue weighted by Crippen LogP contribution is 2.19. The van der Waals surface area contributed by atoms with E-state index in [1.54, 1.807) is 42.6 Å². The van der Waals surface area contributed by atoms with Crippen LogP contribution in [0.15, 0.2) is 51.7 Å². The van der Waals surface area contributed by atoms with Crippen molar-refractivity contribution in [2.45, 2.75) is 24.3 Å². The average Bonchev–Trinajstić information content (AvgIpc) is 3.17. The van der Waals surface area contributed by atoms with E-state index in [0.29, 0.717) is 12.5 Å². The smallest absolute Gasteiger partial charge is 0.240 e. The molecule has 0 saturated carbocycles. The van der Waals surface area contributed by atoms with Gasteiger partial charge in [-0.25, -0.2) is 13.1 Å². The first kappa shape index (κ1) is 19.4. The van der Waals surface area contributed by atoms with Crippen LogP contribution in [0.5, 0.6) is 0 Å². The van der Waals surface area contributed by atoms with Crippen molar-refractivity contribution < 1.29 is 8.42 Å². The van der Waals surface area contributed by atoms with Crippen LogP contribution >= 0.6 is 11.3 Å². The minimum atomic E-state index is -3.40. The van der Waals surface area contributed by atoms with Crippen LogP contribution in [0.25, 0.3) is 0 Å². The van der Waals surface area contributed by atoms with E-state index in [1.807, 2.05) is 0 Å². The summed E-state index contributed by atoms with van der Waals surface area (Å²) < 4.78 is 25.7. The van der Waals surface area contributed by atoms with Crippen molar-refractivity contribution in [2.24, 2.45) is 4.99 Å². The summed E-state index contributed by atoms with van der Waals surface area (Å²) >= 11 is 1.75. The summed E-state index contributed by atoms with van der Waals surface area (Å²) in [5.41, 5.74) is 0.976. The standard InChI is InChI=1S/C17H24N4O2S2/c1-13(16-5-4-10-24-16)11-20-17(18-2)21-12-14-6-8-15(9-7-14)25(22,23)19-3/h4-10,13,19H,11-12H2,1-3H3,(H2,18,20,21). The highest BCUT2D eigenvalue weighted by Gasteiger charge is 2.11. The minimum Gasteiger partial charge on any atom is -0.356 e. The molecule has 3 N–H and O–H groups in total. The molecule has 1 atom stereocenters. The van der Waals surface area contributed by atoms with Gasteiger partial charge in [0.2, 0.25) is 10.0 Å². The molecule has 0 aliphatic carbocycles. The lowest BCUT2D eigenvalue weighted by atomic mass is 10.1. The molecule has 2 aromatic rings. The second kappa shape index (κ2) is 8.98. The van der Waals surface area contributed by atoms with Crippen molar-refractivity contribution in [1.82, 2.24) is 15.4 Å². The number of hydrogen-bond donors (Lipinski definition) is 3. The number of hydrogen-bond acceptors (Lipinski definition) is 4. The quantitative estimate of drug-likeness (QED) is 0.508. The van der Waals surface area contributed by atoms with Crippen LogP contribution in [0.4, 0.5) is 0 Å². The maximum Gasteiger partial charge on any atom is 0.240 e. The molecule has 1 aromatic heterocycles. The molecule has 0 amide bonds. The summed E-state index contributed by atoms with van der Waals surface area (Å²) in [5.74, 6) is 1.12. The third-order valence-corrected chi connectivity index (χ3v) is 6.32. The molecule has 0 aliphatic heterocycles. The number of aliphatic imine (C=N–C) groups is 1. The van der Waals surface area contributed by atoms with Crippen LogP contribution in [0.1, 0.15) is 23.3 Å². The van der Waals surface area contributed by atoms with Gasteiger partial charge in [-0.3, -0.25) is 4.99 Å². The molecule has 6 nitrogen and oxygen atoms in total. The number of guanidine groups is 1. The Morgan fingerprint density at radius 1 is 1.20 bits per heavy atom. The van der Waals surface area contributed by atoms with E-state index in [-0.39, 0.29) is 4.90 Å². The lowest BCUT2D eigenvalue weighted by Gasteiger charge is -2.15. The Bertz CT molecular complexity index is 785. The predicted molar refractivity (Wildman–Crippen MR) is 104 cm³/mol. The Hall–Kier alpha value is -1.90. The van der Waals surface area contributed by atoms with E-state index in [9.17, 15) is 8.42 Å². The molecular formula is C17H24N4O2S2. The molecule has 1 heterocycles. The first-order valence-electron chi connectivity index (χ1n) is 7.96. The van der Waals surface area contributed by atoms with Crippen LogP contribution in [0, 0.1) is 0 Å². The largest absolute Gasteiger partial charge is 0.356 e. The highest BCUT2D eigenvalue weighted by molar-refractivity contribution is 7.89. The molecule has 8 heteroatoms. The lowest BCUT2D eigenvalue weighted by molar-refractivity contribution is 0.588. The van der Waals surface area contributed by atoms with Gasteiger partial charge in [0.15, 0.2) is 5.96 Å². The van der Waals surface area contributed by atoms with Crippen molar-refractivity contribution in [3.05, 3.63) is 52.2 Å². The van der Waals surface area contributed by atoms with E-state index >= 15 is 0 Å². The Balaban J connectivity index is 1.86. The van der Waals surface area contributed by atoms with Crippen LogP contribution in [0.2, 0.25) is 0 Å². The normalized spacial score (nSPS) is 13.5. The van der Waals surface area contributed by atoms with E-state index < -0.39 is 10.0 Å². The number of nitrogens with one attached hydrogen (secondary N) is 3. The first-order valence-corrected chi connectivity index (χ1v) is 10.3. The summed E-state index contributed by atoms with van der Waals surface area (Å²) in [7, 11) is -0.266. The van der Waals surface area contributed by atoms with E-state index in [1.165, 1.54) is 11.9 Å². The molecule has 136 valence electrons. The molecule has 0 spiro atoms. The molecule has 0 bridgehead atoms. The molecule has 1 aromatic carbocycles. The van der Waals surface area contributed by atoms with Crippen molar-refractivity contribution in [3.8, 4) is 0 Å². The van der Waals surface area contributed by atoms with Crippen molar-refractivity contribution in [3.63, 3.8) is 0 Å². The molecule has 0 saturated heterocycles. The van der Waals surface area contributed by atoms with Gasteiger partial charge in [0.25, 0.3) is 0 Å². The van der Waals surface area contributed by atoms with Crippen LogP contribution in [-0.2, 0) is 16.6 Å². The Morgan fingerprint density at radius 3 is 2.48 bits per heavy atom. The van der Waals surface area contributed by atoms with Gasteiger partial charge in [0.05, 0.1) is 4.90 Å². The molecular weight excluding hydrogens is 356 g/mol. The fraction of sp³-hybridized carbons (Fsp3) is 0.353. The highest BCUT2D eigenvalue weighted by atomic mass is 32.2. The molecule has 0 radical (unpaired) electrons. The topological polar surface area (TPSA) is 82.6 Å². The fourth-order valence-electron chi connectivity index (χ4n) is 2.23. The van der Waals surface area contributed by atoms with Gasteiger partial charge in [-0.15, -0.1) is 11.3 Å². The van der Waals surface area contributed by atoms with Crippen LogP contribution in [-0.4, -0.2) is 35.0 Å². The maximum absolute atomic E-state index is 11.7. The van der Waals surface area contributed by atoms with Crippen molar-refractivity contribution >= 4 is 27.3 Å². The summed E-state index contributed by atoms with van der Waals surface area (Å²) in [5, 5.41) is 8.63. The lowest BCUT2D eigenvalue weighted by Crippen LogP contribution is -2.38. The third-order valence-electron chi connectivity index (χ3n) is 3.79. The second-order valence-corrected chi connectivity index (χ2v) is 8.44. The van der Waals surface area contributed by atoms with Gasteiger partial charge < -0.3 is 10.6 Å². The monoisotopic (exact) mass is 380 g/mol. The molecule has 25 heavy (non-hydrogen) atoms. The summed E-state index contributed by atoms with van der Waals surface area (Å²) in [4.78, 5) is 5.81. The van der Waals surface area contributed by atoms with Crippen LogP contribution < -0.4 is 15.4 Å². The number of rotatable bonds is 7. The van der Waals surface area contributed by atoms with Gasteiger partial charge in [0, 0.05) is 30.9 Å². The Labute approximate surface area is 153 Å². The van der Waals surface area contributed by atoms with E-state index in [4.69, 9.17) is 0 Å². The molecule has 1 unspecified atom stereocenters. The average molecular weight is 381 g/mol. The molecule has 2 rings (SSSR count). The molecule has 0 aliphatic rings. The van der Waals surface area contributed by atoms with Crippen LogP contribution in [0.3, 0.4) is 0 Å². The SMILES string of the molecule is CN=C(NCc1ccc(S(=O)(=O)NC)cc1)NCC(C)c1cccs1. The van der Waals surface area contributed by atoms with E-state index in [0.717, 1.165) is 18.1 Å². The zero-order valence-electron chi connectivity index (χ0n) is 14.6. The van der Waals surface area contributed by atoms with Gasteiger partial charge in [0.1, 0.15) is 0 Å². The zero-order chi connectivity index (χ0) is 18.3. The van der Waals surface area contributed by atoms with Gasteiger partial charge in [-0.05, 0) is 36.2 Å². The van der Waals surface area contributed by atoms with Gasteiger partial charge in [-0.1, -0.05) is 25.1 Å². The number of sulfonamides is 1. The fourth-order valence-corrected chi connectivity index (χ4v) is 3.75. The molecule has 0 fully saturated rings. The Kier molecular flexibility index (Phi) is 6.98.